The molecule has 0 aliphatic heterocycles. The Bertz CT molecular complexity index is 602. The van der Waals surface area contributed by atoms with Gasteiger partial charge in [0.2, 0.25) is 5.95 Å². The van der Waals surface area contributed by atoms with Crippen LogP contribution in [0.3, 0.4) is 0 Å². The van der Waals surface area contributed by atoms with Gasteiger partial charge < -0.3 is 10.3 Å². The first-order chi connectivity index (χ1) is 8.08. The molecule has 0 spiro atoms. The van der Waals surface area contributed by atoms with Crippen LogP contribution in [-0.2, 0) is 0 Å². The molecule has 2 N–H and O–H groups in total. The number of rotatable bonds is 2. The van der Waals surface area contributed by atoms with Gasteiger partial charge in [-0.25, -0.2) is 0 Å². The Morgan fingerprint density at radius 2 is 1.88 bits per heavy atom. The Balaban J connectivity index is 2.38. The largest absolute Gasteiger partial charge is 0.329 e. The van der Waals surface area contributed by atoms with E-state index >= 15 is 0 Å². The van der Waals surface area contributed by atoms with E-state index < -0.39 is 0 Å². The molecule has 17 heavy (non-hydrogen) atoms. The van der Waals surface area contributed by atoms with E-state index in [1.54, 1.807) is 6.92 Å². The van der Waals surface area contributed by atoms with Crippen LogP contribution in [0.5, 0.6) is 0 Å². The lowest BCUT2D eigenvalue weighted by Gasteiger charge is -2.09. The number of hydrogen-bond donors (Lipinski definition) is 2. The number of aryl methyl sites for hydroxylation is 2. The molecular weight excluding hydrogens is 214 g/mol. The van der Waals surface area contributed by atoms with Gasteiger partial charge in [0.05, 0.1) is 0 Å². The van der Waals surface area contributed by atoms with Crippen LogP contribution >= 0.6 is 0 Å². The van der Waals surface area contributed by atoms with Gasteiger partial charge in [0.25, 0.3) is 5.56 Å². The fourth-order valence-electron chi connectivity index (χ4n) is 1.55. The standard InChI is InChI=1S/C13H15N3O/c1-8-6-4-5-7-11(8)15-13-14-10(3)9(2)12(17)16-13/h4-7H,1-3H3,(H2,14,15,16,17). The van der Waals surface area contributed by atoms with Gasteiger partial charge in [0.15, 0.2) is 0 Å². The first-order valence-electron chi connectivity index (χ1n) is 5.48. The molecule has 0 saturated carbocycles. The zero-order valence-corrected chi connectivity index (χ0v) is 10.2. The predicted molar refractivity (Wildman–Crippen MR) is 68.8 cm³/mol. The van der Waals surface area contributed by atoms with Crippen molar-refractivity contribution >= 4 is 11.6 Å². The second-order valence-electron chi connectivity index (χ2n) is 4.08. The summed E-state index contributed by atoms with van der Waals surface area (Å²) in [5.41, 5.74) is 3.34. The molecule has 0 aliphatic carbocycles. The number of hydrogen-bond acceptors (Lipinski definition) is 3. The van der Waals surface area contributed by atoms with Crippen molar-refractivity contribution in [3.8, 4) is 0 Å². The third-order valence-corrected chi connectivity index (χ3v) is 2.80. The number of nitrogens with zero attached hydrogens (tertiary/aromatic N) is 1. The smallest absolute Gasteiger partial charge is 0.277 e. The van der Waals surface area contributed by atoms with Crippen LogP contribution in [0.4, 0.5) is 11.6 Å². The van der Waals surface area contributed by atoms with Crippen LogP contribution in [0.2, 0.25) is 0 Å². The highest BCUT2D eigenvalue weighted by atomic mass is 16.1. The molecule has 4 nitrogen and oxygen atoms in total. The maximum Gasteiger partial charge on any atom is 0.277 e. The lowest BCUT2D eigenvalue weighted by Crippen LogP contribution is -2.15. The Morgan fingerprint density at radius 1 is 1.18 bits per heavy atom. The summed E-state index contributed by atoms with van der Waals surface area (Å²) in [4.78, 5) is 18.6. The van der Waals surface area contributed by atoms with Crippen LogP contribution in [0.1, 0.15) is 16.8 Å². The van der Waals surface area contributed by atoms with Crippen molar-refractivity contribution in [2.45, 2.75) is 20.8 Å². The molecule has 0 saturated heterocycles. The number of aromatic nitrogens is 2. The number of para-hydroxylation sites is 1. The van der Waals surface area contributed by atoms with E-state index in [1.807, 2.05) is 38.1 Å². The Hall–Kier alpha value is -2.10. The topological polar surface area (TPSA) is 57.8 Å². The van der Waals surface area contributed by atoms with E-state index in [2.05, 4.69) is 15.3 Å². The van der Waals surface area contributed by atoms with Gasteiger partial charge in [-0.3, -0.25) is 4.79 Å². The van der Waals surface area contributed by atoms with Crippen molar-refractivity contribution in [2.24, 2.45) is 0 Å². The van der Waals surface area contributed by atoms with Crippen molar-refractivity contribution in [2.75, 3.05) is 5.32 Å². The number of anilines is 2. The molecule has 88 valence electrons. The highest BCUT2D eigenvalue weighted by Gasteiger charge is 2.04. The first-order valence-corrected chi connectivity index (χ1v) is 5.48. The van der Waals surface area contributed by atoms with E-state index in [0.29, 0.717) is 11.5 Å². The van der Waals surface area contributed by atoms with Crippen molar-refractivity contribution in [3.63, 3.8) is 0 Å². The van der Waals surface area contributed by atoms with E-state index in [1.165, 1.54) is 0 Å². The molecule has 0 fully saturated rings. The highest BCUT2D eigenvalue weighted by molar-refractivity contribution is 5.57. The van der Waals surface area contributed by atoms with Crippen molar-refractivity contribution < 1.29 is 0 Å². The van der Waals surface area contributed by atoms with Gasteiger partial charge >= 0.3 is 0 Å². The van der Waals surface area contributed by atoms with E-state index in [9.17, 15) is 4.79 Å². The fourth-order valence-corrected chi connectivity index (χ4v) is 1.55. The number of aromatic amines is 1. The third kappa shape index (κ3) is 2.36. The molecule has 2 rings (SSSR count). The summed E-state index contributed by atoms with van der Waals surface area (Å²) in [6.07, 6.45) is 0. The maximum atomic E-state index is 11.6. The van der Waals surface area contributed by atoms with Crippen molar-refractivity contribution in [1.29, 1.82) is 0 Å². The Kier molecular flexibility index (Phi) is 2.95. The summed E-state index contributed by atoms with van der Waals surface area (Å²) in [7, 11) is 0. The highest BCUT2D eigenvalue weighted by Crippen LogP contribution is 2.16. The van der Waals surface area contributed by atoms with Crippen molar-refractivity contribution in [3.05, 3.63) is 51.4 Å². The molecule has 1 aromatic carbocycles. The number of H-pyrrole nitrogens is 1. The molecule has 0 bridgehead atoms. The summed E-state index contributed by atoms with van der Waals surface area (Å²) in [6.45, 7) is 5.63. The molecular formula is C13H15N3O. The minimum atomic E-state index is -0.197. The third-order valence-electron chi connectivity index (χ3n) is 2.80. The molecule has 1 aromatic heterocycles. The Labute approximate surface area is 99.7 Å². The summed E-state index contributed by atoms with van der Waals surface area (Å²) in [5.74, 6) is 0.479. The number of benzene rings is 1. The average molecular weight is 229 g/mol. The van der Waals surface area contributed by atoms with Crippen LogP contribution in [0.25, 0.3) is 0 Å². The number of nitrogens with one attached hydrogen (secondary N) is 2. The van der Waals surface area contributed by atoms with Gasteiger partial charge in [-0.05, 0) is 32.4 Å². The molecule has 0 unspecified atom stereocenters. The second-order valence-corrected chi connectivity index (χ2v) is 4.08. The quantitative estimate of drug-likeness (QED) is 0.831. The van der Waals surface area contributed by atoms with Gasteiger partial charge in [0.1, 0.15) is 0 Å². The summed E-state index contributed by atoms with van der Waals surface area (Å²) in [6, 6.07) is 7.86. The molecule has 0 radical (unpaired) electrons. The molecule has 4 heteroatoms. The molecule has 0 amide bonds. The first kappa shape index (κ1) is 11.4. The monoisotopic (exact) mass is 229 g/mol. The minimum absolute atomic E-state index is 0.197. The van der Waals surface area contributed by atoms with Crippen LogP contribution < -0.4 is 10.9 Å². The van der Waals surface area contributed by atoms with Crippen LogP contribution in [0.15, 0.2) is 29.1 Å². The SMILES string of the molecule is Cc1ccccc1Nc1nc(=O)c(C)c(C)[nH]1. The molecule has 0 atom stereocenters. The van der Waals surface area contributed by atoms with E-state index in [4.69, 9.17) is 0 Å². The minimum Gasteiger partial charge on any atom is -0.329 e. The van der Waals surface area contributed by atoms with Gasteiger partial charge in [-0.2, -0.15) is 4.98 Å². The molecule has 0 aliphatic rings. The van der Waals surface area contributed by atoms with Gasteiger partial charge in [-0.15, -0.1) is 0 Å². The second kappa shape index (κ2) is 4.41. The Morgan fingerprint density at radius 3 is 2.53 bits per heavy atom. The summed E-state index contributed by atoms with van der Waals surface area (Å²) >= 11 is 0. The lowest BCUT2D eigenvalue weighted by molar-refractivity contribution is 1.03. The van der Waals surface area contributed by atoms with Crippen LogP contribution in [0, 0.1) is 20.8 Å². The van der Waals surface area contributed by atoms with E-state index in [0.717, 1.165) is 16.9 Å². The maximum absolute atomic E-state index is 11.6. The summed E-state index contributed by atoms with van der Waals surface area (Å²) in [5, 5.41) is 3.11. The van der Waals surface area contributed by atoms with Crippen molar-refractivity contribution in [1.82, 2.24) is 9.97 Å². The zero-order chi connectivity index (χ0) is 12.4. The average Bonchev–Trinajstić information content (AvgIpc) is 2.29. The van der Waals surface area contributed by atoms with Gasteiger partial charge in [-0.1, -0.05) is 18.2 Å². The van der Waals surface area contributed by atoms with Crippen LogP contribution in [-0.4, -0.2) is 9.97 Å². The normalized spacial score (nSPS) is 10.3. The molecule has 2 aromatic rings. The lowest BCUT2D eigenvalue weighted by atomic mass is 10.2. The molecule has 1 heterocycles. The van der Waals surface area contributed by atoms with Gasteiger partial charge in [0, 0.05) is 16.9 Å². The predicted octanol–water partition coefficient (Wildman–Crippen LogP) is 2.44. The summed E-state index contributed by atoms with van der Waals surface area (Å²) < 4.78 is 0. The zero-order valence-electron chi connectivity index (χ0n) is 10.2. The van der Waals surface area contributed by atoms with E-state index in [-0.39, 0.29) is 5.56 Å². The fraction of sp³-hybridized carbons (Fsp3) is 0.231.